The first-order valence-corrected chi connectivity index (χ1v) is 8.05. The predicted octanol–water partition coefficient (Wildman–Crippen LogP) is 4.43. The molecule has 2 aromatic rings. The standard InChI is InChI=1S/C15H16Cl2N2OS/c1-10-5-6-21-14(10)8-19(2)9-15(20)18-11-3-4-12(16)13(17)7-11/h3-7H,8-9H2,1-2H3,(H,18,20). The average Bonchev–Trinajstić information content (AvgIpc) is 2.79. The Bertz CT molecular complexity index is 642. The number of nitrogens with one attached hydrogen (secondary N) is 1. The van der Waals surface area contributed by atoms with Crippen molar-refractivity contribution in [3.63, 3.8) is 0 Å². The maximum absolute atomic E-state index is 12.0. The van der Waals surface area contributed by atoms with E-state index in [2.05, 4.69) is 23.7 Å². The lowest BCUT2D eigenvalue weighted by atomic mass is 10.3. The average molecular weight is 343 g/mol. The van der Waals surface area contributed by atoms with Gasteiger partial charge in [0.25, 0.3) is 0 Å². The molecular weight excluding hydrogens is 327 g/mol. The quantitative estimate of drug-likeness (QED) is 0.871. The monoisotopic (exact) mass is 342 g/mol. The Hall–Kier alpha value is -1.07. The van der Waals surface area contributed by atoms with Crippen LogP contribution >= 0.6 is 34.5 Å². The molecule has 0 fully saturated rings. The molecule has 21 heavy (non-hydrogen) atoms. The van der Waals surface area contributed by atoms with Gasteiger partial charge in [-0.2, -0.15) is 0 Å². The van der Waals surface area contributed by atoms with Gasteiger partial charge in [-0.1, -0.05) is 23.2 Å². The zero-order chi connectivity index (χ0) is 15.4. The summed E-state index contributed by atoms with van der Waals surface area (Å²) in [5.41, 5.74) is 1.91. The van der Waals surface area contributed by atoms with Gasteiger partial charge in [0.1, 0.15) is 0 Å². The second kappa shape index (κ2) is 7.27. The molecule has 1 N–H and O–H groups in total. The number of likely N-dealkylation sites (N-methyl/N-ethyl adjacent to an activating group) is 1. The van der Waals surface area contributed by atoms with Crippen LogP contribution in [0.1, 0.15) is 10.4 Å². The van der Waals surface area contributed by atoms with Gasteiger partial charge in [-0.3, -0.25) is 9.69 Å². The molecule has 0 saturated heterocycles. The van der Waals surface area contributed by atoms with Crippen LogP contribution in [-0.4, -0.2) is 24.4 Å². The summed E-state index contributed by atoms with van der Waals surface area (Å²) in [6.07, 6.45) is 0. The van der Waals surface area contributed by atoms with Gasteiger partial charge in [0.05, 0.1) is 16.6 Å². The van der Waals surface area contributed by atoms with Gasteiger partial charge in [-0.25, -0.2) is 0 Å². The van der Waals surface area contributed by atoms with Crippen LogP contribution in [0.4, 0.5) is 5.69 Å². The van der Waals surface area contributed by atoms with Gasteiger partial charge in [0.15, 0.2) is 0 Å². The van der Waals surface area contributed by atoms with E-state index in [0.29, 0.717) is 22.3 Å². The fourth-order valence-corrected chi connectivity index (χ4v) is 3.17. The minimum absolute atomic E-state index is 0.0786. The second-order valence-electron chi connectivity index (χ2n) is 4.88. The number of thiophene rings is 1. The van der Waals surface area contributed by atoms with Crippen LogP contribution in [0, 0.1) is 6.92 Å². The van der Waals surface area contributed by atoms with Crippen LogP contribution in [0.2, 0.25) is 10.0 Å². The van der Waals surface area contributed by atoms with Gasteiger partial charge < -0.3 is 5.32 Å². The minimum Gasteiger partial charge on any atom is -0.325 e. The number of carbonyl (C=O) groups is 1. The third-order valence-corrected chi connectivity index (χ3v) is 4.75. The number of hydrogen-bond donors (Lipinski definition) is 1. The van der Waals surface area contributed by atoms with Crippen molar-refractivity contribution in [2.75, 3.05) is 18.9 Å². The van der Waals surface area contributed by atoms with Crippen LogP contribution in [0.15, 0.2) is 29.6 Å². The van der Waals surface area contributed by atoms with Gasteiger partial charge in [0, 0.05) is 17.1 Å². The van der Waals surface area contributed by atoms with E-state index >= 15 is 0 Å². The largest absolute Gasteiger partial charge is 0.325 e. The topological polar surface area (TPSA) is 32.3 Å². The number of anilines is 1. The number of rotatable bonds is 5. The van der Waals surface area contributed by atoms with E-state index in [1.165, 1.54) is 10.4 Å². The second-order valence-corrected chi connectivity index (χ2v) is 6.69. The zero-order valence-electron chi connectivity index (χ0n) is 11.8. The van der Waals surface area contributed by atoms with Gasteiger partial charge in [0.2, 0.25) is 5.91 Å². The summed E-state index contributed by atoms with van der Waals surface area (Å²) in [6.45, 7) is 3.16. The lowest BCUT2D eigenvalue weighted by Crippen LogP contribution is -2.29. The van der Waals surface area contributed by atoms with Crippen LogP contribution in [0.25, 0.3) is 0 Å². The predicted molar refractivity (Wildman–Crippen MR) is 90.5 cm³/mol. The molecular formula is C15H16Cl2N2OS. The van der Waals surface area contributed by atoms with Crippen LogP contribution in [-0.2, 0) is 11.3 Å². The molecule has 0 aliphatic carbocycles. The maximum atomic E-state index is 12.0. The molecule has 1 heterocycles. The Morgan fingerprint density at radius 1 is 1.29 bits per heavy atom. The van der Waals surface area contributed by atoms with Crippen molar-refractivity contribution in [2.45, 2.75) is 13.5 Å². The molecule has 0 saturated carbocycles. The summed E-state index contributed by atoms with van der Waals surface area (Å²) < 4.78 is 0. The van der Waals surface area contributed by atoms with Crippen molar-refractivity contribution in [1.29, 1.82) is 0 Å². The SMILES string of the molecule is Cc1ccsc1CN(C)CC(=O)Nc1ccc(Cl)c(Cl)c1. The summed E-state index contributed by atoms with van der Waals surface area (Å²) in [5.74, 6) is -0.0786. The highest BCUT2D eigenvalue weighted by Crippen LogP contribution is 2.25. The normalized spacial score (nSPS) is 10.9. The third kappa shape index (κ3) is 4.71. The molecule has 3 nitrogen and oxygen atoms in total. The molecule has 0 spiro atoms. The summed E-state index contributed by atoms with van der Waals surface area (Å²) >= 11 is 13.5. The Kier molecular flexibility index (Phi) is 5.65. The Morgan fingerprint density at radius 3 is 2.67 bits per heavy atom. The molecule has 0 radical (unpaired) electrons. The van der Waals surface area contributed by atoms with Crippen molar-refractivity contribution in [3.05, 3.63) is 50.1 Å². The smallest absolute Gasteiger partial charge is 0.238 e. The van der Waals surface area contributed by atoms with Crippen molar-refractivity contribution in [1.82, 2.24) is 4.90 Å². The van der Waals surface area contributed by atoms with Crippen molar-refractivity contribution < 1.29 is 4.79 Å². The summed E-state index contributed by atoms with van der Waals surface area (Å²) in [7, 11) is 1.92. The molecule has 0 bridgehead atoms. The number of aryl methyl sites for hydroxylation is 1. The molecule has 0 aliphatic heterocycles. The Morgan fingerprint density at radius 2 is 2.05 bits per heavy atom. The number of benzene rings is 1. The van der Waals surface area contributed by atoms with Gasteiger partial charge in [-0.05, 0) is 49.2 Å². The van der Waals surface area contributed by atoms with E-state index in [-0.39, 0.29) is 5.91 Å². The fourth-order valence-electron chi connectivity index (χ4n) is 1.89. The number of carbonyl (C=O) groups excluding carboxylic acids is 1. The molecule has 1 aromatic heterocycles. The van der Waals surface area contributed by atoms with Crippen molar-refractivity contribution >= 4 is 46.1 Å². The van der Waals surface area contributed by atoms with E-state index < -0.39 is 0 Å². The first-order valence-electron chi connectivity index (χ1n) is 6.42. The molecule has 1 aromatic carbocycles. The van der Waals surface area contributed by atoms with Gasteiger partial charge in [-0.15, -0.1) is 11.3 Å². The third-order valence-electron chi connectivity index (χ3n) is 3.00. The van der Waals surface area contributed by atoms with Crippen LogP contribution < -0.4 is 5.32 Å². The highest BCUT2D eigenvalue weighted by Gasteiger charge is 2.10. The summed E-state index contributed by atoms with van der Waals surface area (Å²) in [4.78, 5) is 15.3. The molecule has 1 amide bonds. The van der Waals surface area contributed by atoms with E-state index in [1.54, 1.807) is 29.5 Å². The van der Waals surface area contributed by atoms with E-state index in [4.69, 9.17) is 23.2 Å². The lowest BCUT2D eigenvalue weighted by Gasteiger charge is -2.16. The number of halogens is 2. The highest BCUT2D eigenvalue weighted by molar-refractivity contribution is 7.10. The molecule has 0 aliphatic rings. The van der Waals surface area contributed by atoms with Gasteiger partial charge >= 0.3 is 0 Å². The van der Waals surface area contributed by atoms with Crippen LogP contribution in [0.5, 0.6) is 0 Å². The molecule has 2 rings (SSSR count). The van der Waals surface area contributed by atoms with E-state index in [1.807, 2.05) is 11.9 Å². The zero-order valence-corrected chi connectivity index (χ0v) is 14.1. The van der Waals surface area contributed by atoms with Crippen molar-refractivity contribution in [3.8, 4) is 0 Å². The number of amides is 1. The number of hydrogen-bond acceptors (Lipinski definition) is 3. The number of nitrogens with zero attached hydrogens (tertiary/aromatic N) is 1. The Labute approximate surface area is 138 Å². The summed E-state index contributed by atoms with van der Waals surface area (Å²) in [5, 5.41) is 5.78. The van der Waals surface area contributed by atoms with E-state index in [9.17, 15) is 4.79 Å². The summed E-state index contributed by atoms with van der Waals surface area (Å²) in [6, 6.07) is 7.13. The maximum Gasteiger partial charge on any atom is 0.238 e. The Balaban J connectivity index is 1.89. The van der Waals surface area contributed by atoms with E-state index in [0.717, 1.165) is 6.54 Å². The lowest BCUT2D eigenvalue weighted by molar-refractivity contribution is -0.117. The highest BCUT2D eigenvalue weighted by atomic mass is 35.5. The van der Waals surface area contributed by atoms with Crippen molar-refractivity contribution in [2.24, 2.45) is 0 Å². The molecule has 112 valence electrons. The molecule has 6 heteroatoms. The van der Waals surface area contributed by atoms with Crippen LogP contribution in [0.3, 0.4) is 0 Å². The fraction of sp³-hybridized carbons (Fsp3) is 0.267. The molecule has 0 atom stereocenters. The minimum atomic E-state index is -0.0786. The first-order chi connectivity index (χ1) is 9.95. The molecule has 0 unspecified atom stereocenters. The first kappa shape index (κ1) is 16.3.